The van der Waals surface area contributed by atoms with E-state index in [2.05, 4.69) is 15.3 Å². The van der Waals surface area contributed by atoms with Crippen LogP contribution in [0.15, 0.2) is 24.3 Å². The maximum Gasteiger partial charge on any atom is 0.259 e. The first-order chi connectivity index (χ1) is 9.86. The van der Waals surface area contributed by atoms with Crippen LogP contribution in [-0.4, -0.2) is 30.0 Å². The molecule has 6 nitrogen and oxygen atoms in total. The molecule has 2 rings (SSSR count). The van der Waals surface area contributed by atoms with Gasteiger partial charge in [-0.3, -0.25) is 4.79 Å². The van der Waals surface area contributed by atoms with E-state index in [1.165, 1.54) is 6.07 Å². The first-order valence-electron chi connectivity index (χ1n) is 5.95. The Kier molecular flexibility index (Phi) is 4.50. The zero-order valence-corrected chi connectivity index (χ0v) is 12.9. The van der Waals surface area contributed by atoms with Crippen molar-refractivity contribution in [2.24, 2.45) is 0 Å². The van der Waals surface area contributed by atoms with Crippen molar-refractivity contribution in [3.8, 4) is 0 Å². The summed E-state index contributed by atoms with van der Waals surface area (Å²) >= 11 is 11.5. The molecule has 0 aliphatic rings. The van der Waals surface area contributed by atoms with Gasteiger partial charge in [0.05, 0.1) is 5.56 Å². The monoisotopic (exact) mass is 325 g/mol. The van der Waals surface area contributed by atoms with E-state index in [1.54, 1.807) is 18.2 Å². The lowest BCUT2D eigenvalue weighted by atomic mass is 10.1. The fourth-order valence-electron chi connectivity index (χ4n) is 1.76. The Hall–Kier alpha value is -2.05. The summed E-state index contributed by atoms with van der Waals surface area (Å²) in [6.07, 6.45) is 0. The van der Waals surface area contributed by atoms with Gasteiger partial charge < -0.3 is 16.0 Å². The van der Waals surface area contributed by atoms with E-state index >= 15 is 0 Å². The average Bonchev–Trinajstić information content (AvgIpc) is 2.36. The number of carbonyl (C=O) groups is 1. The Morgan fingerprint density at radius 2 is 1.95 bits per heavy atom. The number of nitrogens with one attached hydrogen (secondary N) is 1. The fraction of sp³-hybridized carbons (Fsp3) is 0.154. The lowest BCUT2D eigenvalue weighted by Crippen LogP contribution is -2.19. The standard InChI is InChI=1S/C13H13Cl2N5O/c1-20(2)9-4-3-7(16)5-8(9)12(21)18-11-6-10(14)17-13(15)19-11/h3-6H,16H2,1-2H3,(H,17,18,19,21). The van der Waals surface area contributed by atoms with Crippen LogP contribution >= 0.6 is 23.2 Å². The van der Waals surface area contributed by atoms with Crippen LogP contribution in [-0.2, 0) is 0 Å². The number of halogens is 2. The first kappa shape index (κ1) is 15.3. The molecule has 0 fully saturated rings. The lowest BCUT2D eigenvalue weighted by Gasteiger charge is -2.17. The summed E-state index contributed by atoms with van der Waals surface area (Å²) in [5, 5.41) is 2.72. The Bertz CT molecular complexity index is 670. The Balaban J connectivity index is 2.34. The summed E-state index contributed by atoms with van der Waals surface area (Å²) in [6.45, 7) is 0. The van der Waals surface area contributed by atoms with E-state index in [0.717, 1.165) is 5.69 Å². The molecule has 0 aliphatic heterocycles. The smallest absolute Gasteiger partial charge is 0.259 e. The zero-order valence-electron chi connectivity index (χ0n) is 11.4. The molecule has 2 aromatic rings. The number of nitrogen functional groups attached to an aromatic ring is 1. The van der Waals surface area contributed by atoms with Gasteiger partial charge in [-0.25, -0.2) is 9.97 Å². The molecule has 21 heavy (non-hydrogen) atoms. The van der Waals surface area contributed by atoms with Gasteiger partial charge in [0.25, 0.3) is 5.91 Å². The van der Waals surface area contributed by atoms with Crippen molar-refractivity contribution in [3.63, 3.8) is 0 Å². The zero-order chi connectivity index (χ0) is 15.6. The largest absolute Gasteiger partial charge is 0.399 e. The molecule has 1 amide bonds. The van der Waals surface area contributed by atoms with Gasteiger partial charge in [0, 0.05) is 31.5 Å². The molecule has 0 saturated heterocycles. The van der Waals surface area contributed by atoms with Crippen molar-refractivity contribution in [1.29, 1.82) is 0 Å². The topological polar surface area (TPSA) is 84.1 Å². The molecule has 1 heterocycles. The molecule has 0 spiro atoms. The van der Waals surface area contributed by atoms with Crippen LogP contribution in [0.1, 0.15) is 10.4 Å². The van der Waals surface area contributed by atoms with Gasteiger partial charge >= 0.3 is 0 Å². The van der Waals surface area contributed by atoms with E-state index < -0.39 is 0 Å². The van der Waals surface area contributed by atoms with Gasteiger partial charge in [0.2, 0.25) is 5.28 Å². The molecule has 1 aromatic carbocycles. The van der Waals surface area contributed by atoms with E-state index in [-0.39, 0.29) is 22.2 Å². The van der Waals surface area contributed by atoms with Crippen molar-refractivity contribution in [3.05, 3.63) is 40.3 Å². The van der Waals surface area contributed by atoms with Gasteiger partial charge in [0.15, 0.2) is 0 Å². The number of rotatable bonds is 3. The molecule has 0 unspecified atom stereocenters. The minimum Gasteiger partial charge on any atom is -0.399 e. The third kappa shape index (κ3) is 3.74. The van der Waals surface area contributed by atoms with Crippen molar-refractivity contribution in [1.82, 2.24) is 9.97 Å². The third-order valence-corrected chi connectivity index (χ3v) is 3.02. The van der Waals surface area contributed by atoms with Crippen LogP contribution in [0.5, 0.6) is 0 Å². The van der Waals surface area contributed by atoms with Crippen LogP contribution < -0.4 is 16.0 Å². The second-order valence-corrected chi connectivity index (χ2v) is 5.20. The third-order valence-electron chi connectivity index (χ3n) is 2.66. The second-order valence-electron chi connectivity index (χ2n) is 4.47. The number of aromatic nitrogens is 2. The number of anilines is 3. The highest BCUT2D eigenvalue weighted by Gasteiger charge is 2.15. The number of nitrogens with zero attached hydrogens (tertiary/aromatic N) is 3. The molecule has 110 valence electrons. The molecule has 3 N–H and O–H groups in total. The summed E-state index contributed by atoms with van der Waals surface area (Å²) in [7, 11) is 3.67. The van der Waals surface area contributed by atoms with Gasteiger partial charge in [0.1, 0.15) is 11.0 Å². The van der Waals surface area contributed by atoms with Crippen LogP contribution in [0.4, 0.5) is 17.2 Å². The second kappa shape index (κ2) is 6.15. The summed E-state index contributed by atoms with van der Waals surface area (Å²) < 4.78 is 0. The molecule has 0 bridgehead atoms. The average molecular weight is 326 g/mol. The molecule has 0 saturated carbocycles. The number of amides is 1. The normalized spacial score (nSPS) is 10.3. The van der Waals surface area contributed by atoms with Crippen molar-refractivity contribution in [2.75, 3.05) is 30.0 Å². The number of carbonyl (C=O) groups excluding carboxylic acids is 1. The fourth-order valence-corrected chi connectivity index (χ4v) is 2.17. The maximum absolute atomic E-state index is 12.4. The lowest BCUT2D eigenvalue weighted by molar-refractivity contribution is 0.102. The van der Waals surface area contributed by atoms with Gasteiger partial charge in [-0.1, -0.05) is 11.6 Å². The van der Waals surface area contributed by atoms with Crippen LogP contribution in [0.2, 0.25) is 10.4 Å². The van der Waals surface area contributed by atoms with Crippen molar-refractivity contribution in [2.45, 2.75) is 0 Å². The molecular formula is C13H13Cl2N5O. The quantitative estimate of drug-likeness (QED) is 0.515. The first-order valence-corrected chi connectivity index (χ1v) is 6.70. The highest BCUT2D eigenvalue weighted by molar-refractivity contribution is 6.32. The van der Waals surface area contributed by atoms with Crippen molar-refractivity contribution < 1.29 is 4.79 Å². The number of nitrogens with two attached hydrogens (primary N) is 1. The predicted octanol–water partition coefficient (Wildman–Crippen LogP) is 2.68. The van der Waals surface area contributed by atoms with E-state index in [9.17, 15) is 4.79 Å². The number of hydrogen-bond donors (Lipinski definition) is 2. The Morgan fingerprint density at radius 3 is 2.57 bits per heavy atom. The molecule has 0 aliphatic carbocycles. The van der Waals surface area contributed by atoms with Gasteiger partial charge in [-0.2, -0.15) is 0 Å². The van der Waals surface area contributed by atoms with Crippen LogP contribution in [0, 0.1) is 0 Å². The minimum atomic E-state index is -0.364. The molecule has 8 heteroatoms. The van der Waals surface area contributed by atoms with E-state index in [0.29, 0.717) is 11.3 Å². The minimum absolute atomic E-state index is 0.0433. The summed E-state index contributed by atoms with van der Waals surface area (Å²) in [5.41, 5.74) is 7.38. The SMILES string of the molecule is CN(C)c1ccc(N)cc1C(=O)Nc1cc(Cl)nc(Cl)n1. The summed E-state index contributed by atoms with van der Waals surface area (Å²) in [5.74, 6) is -0.144. The predicted molar refractivity (Wildman–Crippen MR) is 85.2 cm³/mol. The van der Waals surface area contributed by atoms with Gasteiger partial charge in [-0.15, -0.1) is 0 Å². The molecule has 0 radical (unpaired) electrons. The molecule has 1 aromatic heterocycles. The highest BCUT2D eigenvalue weighted by Crippen LogP contribution is 2.23. The van der Waals surface area contributed by atoms with Crippen LogP contribution in [0.3, 0.4) is 0 Å². The number of hydrogen-bond acceptors (Lipinski definition) is 5. The Labute approximate surface area is 131 Å². The van der Waals surface area contributed by atoms with E-state index in [1.807, 2.05) is 19.0 Å². The molecule has 0 atom stereocenters. The van der Waals surface area contributed by atoms with Gasteiger partial charge in [-0.05, 0) is 29.8 Å². The summed E-state index contributed by atoms with van der Waals surface area (Å²) in [4.78, 5) is 21.8. The number of benzene rings is 1. The van der Waals surface area contributed by atoms with E-state index in [4.69, 9.17) is 28.9 Å². The highest BCUT2D eigenvalue weighted by atomic mass is 35.5. The maximum atomic E-state index is 12.4. The Morgan fingerprint density at radius 1 is 1.24 bits per heavy atom. The summed E-state index contributed by atoms with van der Waals surface area (Å²) in [6, 6.07) is 6.50. The van der Waals surface area contributed by atoms with Crippen molar-refractivity contribution >= 4 is 46.3 Å². The van der Waals surface area contributed by atoms with Crippen LogP contribution in [0.25, 0.3) is 0 Å². The molecular weight excluding hydrogens is 313 g/mol.